The highest BCUT2D eigenvalue weighted by Gasteiger charge is 2.44. The molecule has 1 aromatic heterocycles. The predicted molar refractivity (Wildman–Crippen MR) is 107 cm³/mol. The molecule has 4 heteroatoms. The normalized spacial score (nSPS) is 28.0. The zero-order valence-corrected chi connectivity index (χ0v) is 16.0. The van der Waals surface area contributed by atoms with Crippen LogP contribution in [0.4, 0.5) is 0 Å². The molecule has 3 aliphatic heterocycles. The first-order chi connectivity index (χ1) is 13.2. The van der Waals surface area contributed by atoms with E-state index in [1.807, 2.05) is 37.4 Å². The van der Waals surface area contributed by atoms with Crippen LogP contribution in [0.1, 0.15) is 44.3 Å². The lowest BCUT2D eigenvalue weighted by Crippen LogP contribution is -2.55. The Morgan fingerprint density at radius 1 is 1.41 bits per heavy atom. The van der Waals surface area contributed by atoms with Crippen molar-refractivity contribution in [1.29, 1.82) is 0 Å². The van der Waals surface area contributed by atoms with E-state index in [1.54, 1.807) is 0 Å². The Labute approximate surface area is 161 Å². The summed E-state index contributed by atoms with van der Waals surface area (Å²) in [6.45, 7) is 8.13. The molecule has 2 bridgehead atoms. The van der Waals surface area contributed by atoms with Crippen molar-refractivity contribution in [1.82, 2.24) is 9.88 Å². The number of piperidine rings is 3. The maximum absolute atomic E-state index is 12.5. The number of esters is 1. The van der Waals surface area contributed by atoms with Gasteiger partial charge in [-0.3, -0.25) is 14.7 Å². The van der Waals surface area contributed by atoms with Gasteiger partial charge in [0, 0.05) is 30.1 Å². The Morgan fingerprint density at radius 3 is 3.00 bits per heavy atom. The van der Waals surface area contributed by atoms with Crippen LogP contribution < -0.4 is 0 Å². The molecule has 0 saturated carbocycles. The third kappa shape index (κ3) is 3.51. The highest BCUT2D eigenvalue weighted by atomic mass is 16.5. The molecule has 142 valence electrons. The summed E-state index contributed by atoms with van der Waals surface area (Å²) in [5.41, 5.74) is 2.03. The fraction of sp³-hybridized carbons (Fsp3) is 0.478. The van der Waals surface area contributed by atoms with Gasteiger partial charge in [-0.15, -0.1) is 6.58 Å². The van der Waals surface area contributed by atoms with Crippen LogP contribution in [0.5, 0.6) is 0 Å². The van der Waals surface area contributed by atoms with Crippen molar-refractivity contribution in [3.05, 3.63) is 54.7 Å². The van der Waals surface area contributed by atoms with Crippen LogP contribution in [0.2, 0.25) is 0 Å². The van der Waals surface area contributed by atoms with Crippen molar-refractivity contribution in [2.24, 2.45) is 11.8 Å². The average Bonchev–Trinajstić information content (AvgIpc) is 2.72. The van der Waals surface area contributed by atoms with E-state index in [2.05, 4.69) is 28.6 Å². The second-order valence-corrected chi connectivity index (χ2v) is 7.82. The molecular weight excluding hydrogens is 336 g/mol. The first kappa shape index (κ1) is 18.2. The third-order valence-electron chi connectivity index (χ3n) is 6.21. The number of pyridine rings is 1. The quantitative estimate of drug-likeness (QED) is 0.558. The van der Waals surface area contributed by atoms with Crippen LogP contribution in [-0.4, -0.2) is 35.0 Å². The van der Waals surface area contributed by atoms with Gasteiger partial charge in [0.15, 0.2) is 0 Å². The molecule has 0 radical (unpaired) electrons. The summed E-state index contributed by atoms with van der Waals surface area (Å²) >= 11 is 0. The van der Waals surface area contributed by atoms with Gasteiger partial charge in [0.1, 0.15) is 6.10 Å². The number of ether oxygens (including phenoxy) is 1. The summed E-state index contributed by atoms with van der Waals surface area (Å²) in [7, 11) is 0. The number of hydrogen-bond donors (Lipinski definition) is 0. The second kappa shape index (κ2) is 7.81. The fourth-order valence-corrected chi connectivity index (χ4v) is 4.81. The Morgan fingerprint density at radius 2 is 2.26 bits per heavy atom. The number of nitrogens with zero attached hydrogens (tertiary/aromatic N) is 2. The molecule has 3 fully saturated rings. The van der Waals surface area contributed by atoms with Crippen molar-refractivity contribution >= 4 is 16.9 Å². The molecule has 4 nitrogen and oxygen atoms in total. The zero-order valence-electron chi connectivity index (χ0n) is 16.0. The largest absolute Gasteiger partial charge is 0.456 e. The molecule has 0 spiro atoms. The smallest absolute Gasteiger partial charge is 0.306 e. The number of para-hydroxylation sites is 1. The highest BCUT2D eigenvalue weighted by molar-refractivity contribution is 5.82. The molecule has 4 heterocycles. The summed E-state index contributed by atoms with van der Waals surface area (Å²) in [5, 5.41) is 1.08. The molecule has 0 N–H and O–H groups in total. The van der Waals surface area contributed by atoms with Gasteiger partial charge in [-0.1, -0.05) is 31.2 Å². The highest BCUT2D eigenvalue weighted by Crippen LogP contribution is 2.43. The van der Waals surface area contributed by atoms with Crippen molar-refractivity contribution in [2.75, 3.05) is 13.1 Å². The number of rotatable bonds is 6. The average molecular weight is 364 g/mol. The minimum absolute atomic E-state index is 0.105. The van der Waals surface area contributed by atoms with Gasteiger partial charge in [0.25, 0.3) is 0 Å². The van der Waals surface area contributed by atoms with E-state index in [0.29, 0.717) is 18.3 Å². The number of benzene rings is 1. The van der Waals surface area contributed by atoms with E-state index in [-0.39, 0.29) is 18.1 Å². The molecular formula is C23H28N2O2. The van der Waals surface area contributed by atoms with Crippen LogP contribution in [0.25, 0.3) is 10.9 Å². The van der Waals surface area contributed by atoms with E-state index in [9.17, 15) is 4.79 Å². The van der Waals surface area contributed by atoms with Gasteiger partial charge in [-0.2, -0.15) is 0 Å². The number of hydrogen-bond acceptors (Lipinski definition) is 4. The number of carbonyl (C=O) groups is 1. The predicted octanol–water partition coefficient (Wildman–Crippen LogP) is 4.52. The maximum Gasteiger partial charge on any atom is 0.306 e. The summed E-state index contributed by atoms with van der Waals surface area (Å²) < 4.78 is 6.11. The van der Waals surface area contributed by atoms with E-state index < -0.39 is 0 Å². The first-order valence-electron chi connectivity index (χ1n) is 10.1. The Kier molecular flexibility index (Phi) is 5.26. The molecule has 5 atom stereocenters. The Balaban J connectivity index is 1.71. The molecule has 5 rings (SSSR count). The van der Waals surface area contributed by atoms with Gasteiger partial charge in [0.2, 0.25) is 0 Å². The molecule has 3 saturated heterocycles. The van der Waals surface area contributed by atoms with Crippen LogP contribution in [0.15, 0.2) is 49.2 Å². The molecule has 0 aliphatic carbocycles. The molecule has 1 unspecified atom stereocenters. The van der Waals surface area contributed by atoms with Gasteiger partial charge in [0.05, 0.1) is 11.6 Å². The van der Waals surface area contributed by atoms with Gasteiger partial charge < -0.3 is 4.74 Å². The minimum Gasteiger partial charge on any atom is -0.456 e. The standard InChI is InChI=1S/C23H28N2O2/c1-3-7-22(26)27-23(19-10-12-24-20-9-6-5-8-18(19)20)21-14-17-11-13-25(21)15-16(17)4-2/h4-6,8-10,12,16-17,21,23H,2-3,7,11,13-15H2,1H3/t16-,17+,21-,23+/m1/s1. The SMILES string of the molecule is C=C[C@@H]1CN2CC[C@H]1C[C@@H]2[C@@H](OC(=O)CCC)c1ccnc2ccccc12. The molecule has 3 aliphatic rings. The summed E-state index contributed by atoms with van der Waals surface area (Å²) in [6, 6.07) is 10.4. The van der Waals surface area contributed by atoms with E-state index in [1.165, 1.54) is 6.42 Å². The van der Waals surface area contributed by atoms with Gasteiger partial charge in [-0.25, -0.2) is 0 Å². The van der Waals surface area contributed by atoms with E-state index in [4.69, 9.17) is 4.74 Å². The van der Waals surface area contributed by atoms with E-state index >= 15 is 0 Å². The van der Waals surface area contributed by atoms with Crippen molar-refractivity contribution in [2.45, 2.75) is 44.8 Å². The molecule has 27 heavy (non-hydrogen) atoms. The minimum atomic E-state index is -0.245. The van der Waals surface area contributed by atoms with Crippen LogP contribution in [0, 0.1) is 11.8 Å². The van der Waals surface area contributed by atoms with Gasteiger partial charge in [-0.05, 0) is 49.8 Å². The fourth-order valence-electron chi connectivity index (χ4n) is 4.81. The summed E-state index contributed by atoms with van der Waals surface area (Å²) in [5.74, 6) is 1.08. The number of fused-ring (bicyclic) bond motifs is 4. The topological polar surface area (TPSA) is 42.4 Å². The second-order valence-electron chi connectivity index (χ2n) is 7.82. The summed E-state index contributed by atoms with van der Waals surface area (Å²) in [6.07, 6.45) is 7.22. The molecule has 1 aromatic carbocycles. The maximum atomic E-state index is 12.5. The van der Waals surface area contributed by atoms with Crippen LogP contribution in [0.3, 0.4) is 0 Å². The lowest BCUT2D eigenvalue weighted by atomic mass is 9.73. The van der Waals surface area contributed by atoms with Crippen LogP contribution in [-0.2, 0) is 9.53 Å². The van der Waals surface area contributed by atoms with Crippen molar-refractivity contribution in [3.63, 3.8) is 0 Å². The Bertz CT molecular complexity index is 829. The van der Waals surface area contributed by atoms with E-state index in [0.717, 1.165) is 42.4 Å². The molecule has 0 amide bonds. The Hall–Kier alpha value is -2.20. The molecule has 2 aromatic rings. The van der Waals surface area contributed by atoms with Crippen LogP contribution >= 0.6 is 0 Å². The lowest BCUT2D eigenvalue weighted by molar-refractivity contribution is -0.157. The van der Waals surface area contributed by atoms with Crippen molar-refractivity contribution < 1.29 is 9.53 Å². The monoisotopic (exact) mass is 364 g/mol. The number of aromatic nitrogens is 1. The zero-order chi connectivity index (χ0) is 18.8. The third-order valence-corrected chi connectivity index (χ3v) is 6.21. The first-order valence-corrected chi connectivity index (χ1v) is 10.1. The van der Waals surface area contributed by atoms with Crippen molar-refractivity contribution in [3.8, 4) is 0 Å². The van der Waals surface area contributed by atoms with Gasteiger partial charge >= 0.3 is 5.97 Å². The summed E-state index contributed by atoms with van der Waals surface area (Å²) in [4.78, 5) is 19.5. The lowest BCUT2D eigenvalue weighted by Gasteiger charge is -2.51. The number of carbonyl (C=O) groups excluding carboxylic acids is 1.